The van der Waals surface area contributed by atoms with E-state index in [1.807, 2.05) is 20.8 Å². The minimum Gasteiger partial charge on any atom is -0.466 e. The molecule has 0 aliphatic carbocycles. The highest BCUT2D eigenvalue weighted by atomic mass is 16.5. The number of hydrogen-bond acceptors (Lipinski definition) is 5. The zero-order chi connectivity index (χ0) is 12.1. The molecule has 16 heavy (non-hydrogen) atoms. The molecule has 1 atom stereocenters. The van der Waals surface area contributed by atoms with Crippen LogP contribution < -0.4 is 5.32 Å². The zero-order valence-electron chi connectivity index (χ0n) is 9.90. The van der Waals surface area contributed by atoms with Gasteiger partial charge in [-0.1, -0.05) is 5.16 Å². The minimum atomic E-state index is -0.390. The first-order chi connectivity index (χ1) is 7.56. The van der Waals surface area contributed by atoms with Crippen molar-refractivity contribution in [3.8, 4) is 0 Å². The summed E-state index contributed by atoms with van der Waals surface area (Å²) in [5.41, 5.74) is 1.86. The first-order valence-electron chi connectivity index (χ1n) is 4.99. The van der Waals surface area contributed by atoms with Gasteiger partial charge in [-0.25, -0.2) is 4.79 Å². The Morgan fingerprint density at radius 3 is 2.75 bits per heavy atom. The number of ether oxygens (including phenoxy) is 1. The van der Waals surface area contributed by atoms with Crippen molar-refractivity contribution in [2.24, 2.45) is 0 Å². The summed E-state index contributed by atoms with van der Waals surface area (Å²) < 4.78 is 9.53. The van der Waals surface area contributed by atoms with E-state index in [2.05, 4.69) is 15.2 Å². The number of nitrogens with zero attached hydrogens (tertiary/aromatic N) is 1. The summed E-state index contributed by atoms with van der Waals surface area (Å²) in [5, 5.41) is 6.92. The molecule has 0 saturated carbocycles. The van der Waals surface area contributed by atoms with Crippen LogP contribution in [0.25, 0.3) is 0 Å². The SMILES string of the molecule is COC(=O)/C=C/NC(C)c1c(C)noc1C. The maximum absolute atomic E-state index is 10.8. The smallest absolute Gasteiger partial charge is 0.331 e. The Morgan fingerprint density at radius 2 is 2.25 bits per heavy atom. The van der Waals surface area contributed by atoms with E-state index in [0.29, 0.717) is 0 Å². The molecule has 88 valence electrons. The molecule has 0 bridgehead atoms. The molecule has 0 aliphatic heterocycles. The van der Waals surface area contributed by atoms with E-state index in [0.717, 1.165) is 17.0 Å². The lowest BCUT2D eigenvalue weighted by atomic mass is 10.1. The van der Waals surface area contributed by atoms with Crippen LogP contribution in [-0.4, -0.2) is 18.2 Å². The largest absolute Gasteiger partial charge is 0.466 e. The Kier molecular flexibility index (Phi) is 4.10. The number of nitrogens with one attached hydrogen (secondary N) is 1. The van der Waals surface area contributed by atoms with Crippen LogP contribution in [0.1, 0.15) is 30.0 Å². The van der Waals surface area contributed by atoms with E-state index in [1.165, 1.54) is 13.2 Å². The number of carbonyl (C=O) groups excluding carboxylic acids is 1. The zero-order valence-corrected chi connectivity index (χ0v) is 9.90. The molecule has 0 spiro atoms. The molecule has 1 aromatic rings. The first-order valence-corrected chi connectivity index (χ1v) is 4.99. The van der Waals surface area contributed by atoms with E-state index in [-0.39, 0.29) is 6.04 Å². The van der Waals surface area contributed by atoms with E-state index < -0.39 is 5.97 Å². The minimum absolute atomic E-state index is 0.0344. The van der Waals surface area contributed by atoms with Crippen molar-refractivity contribution in [3.05, 3.63) is 29.3 Å². The van der Waals surface area contributed by atoms with Crippen molar-refractivity contribution >= 4 is 5.97 Å². The topological polar surface area (TPSA) is 64.4 Å². The van der Waals surface area contributed by atoms with Crippen LogP contribution in [-0.2, 0) is 9.53 Å². The van der Waals surface area contributed by atoms with Crippen LogP contribution in [0.4, 0.5) is 0 Å². The maximum Gasteiger partial charge on any atom is 0.331 e. The lowest BCUT2D eigenvalue weighted by molar-refractivity contribution is -0.134. The lowest BCUT2D eigenvalue weighted by Gasteiger charge is -2.10. The van der Waals surface area contributed by atoms with Gasteiger partial charge in [0.1, 0.15) is 5.76 Å². The van der Waals surface area contributed by atoms with Crippen molar-refractivity contribution in [1.29, 1.82) is 0 Å². The monoisotopic (exact) mass is 224 g/mol. The molecule has 0 aliphatic rings. The Hall–Kier alpha value is -1.78. The highest BCUT2D eigenvalue weighted by molar-refractivity contribution is 5.81. The molecule has 1 rings (SSSR count). The molecule has 0 radical (unpaired) electrons. The van der Waals surface area contributed by atoms with E-state index in [9.17, 15) is 4.79 Å². The third-order valence-electron chi connectivity index (χ3n) is 2.29. The lowest BCUT2D eigenvalue weighted by Crippen LogP contribution is -2.13. The Labute approximate surface area is 94.5 Å². The molecule has 1 heterocycles. The van der Waals surface area contributed by atoms with Gasteiger partial charge in [-0.05, 0) is 20.8 Å². The van der Waals surface area contributed by atoms with Crippen LogP contribution in [0.3, 0.4) is 0 Å². The maximum atomic E-state index is 10.8. The summed E-state index contributed by atoms with van der Waals surface area (Å²) in [6.07, 6.45) is 2.89. The normalized spacial score (nSPS) is 12.8. The average molecular weight is 224 g/mol. The van der Waals surface area contributed by atoms with Crippen LogP contribution in [0.15, 0.2) is 16.8 Å². The van der Waals surface area contributed by atoms with Gasteiger partial charge in [-0.15, -0.1) is 0 Å². The summed E-state index contributed by atoms with van der Waals surface area (Å²) in [6, 6.07) is 0.0344. The van der Waals surface area contributed by atoms with Crippen molar-refractivity contribution in [1.82, 2.24) is 10.5 Å². The second-order valence-corrected chi connectivity index (χ2v) is 3.48. The molecule has 0 fully saturated rings. The fourth-order valence-corrected chi connectivity index (χ4v) is 1.52. The van der Waals surface area contributed by atoms with Gasteiger partial charge in [0.05, 0.1) is 18.8 Å². The molecule has 5 heteroatoms. The number of rotatable bonds is 4. The average Bonchev–Trinajstić information content (AvgIpc) is 2.58. The predicted octanol–water partition coefficient (Wildman–Crippen LogP) is 1.63. The van der Waals surface area contributed by atoms with Crippen LogP contribution >= 0.6 is 0 Å². The summed E-state index contributed by atoms with van der Waals surface area (Å²) >= 11 is 0. The second-order valence-electron chi connectivity index (χ2n) is 3.48. The quantitative estimate of drug-likeness (QED) is 0.622. The van der Waals surface area contributed by atoms with Crippen LogP contribution in [0, 0.1) is 13.8 Å². The van der Waals surface area contributed by atoms with Crippen LogP contribution in [0.5, 0.6) is 0 Å². The van der Waals surface area contributed by atoms with Gasteiger partial charge in [0, 0.05) is 17.8 Å². The molecule has 1 N–H and O–H groups in total. The van der Waals surface area contributed by atoms with E-state index in [1.54, 1.807) is 6.20 Å². The Morgan fingerprint density at radius 1 is 1.56 bits per heavy atom. The van der Waals surface area contributed by atoms with Gasteiger partial charge in [0.2, 0.25) is 0 Å². The highest BCUT2D eigenvalue weighted by Crippen LogP contribution is 2.20. The summed E-state index contributed by atoms with van der Waals surface area (Å²) in [4.78, 5) is 10.8. The Balaban J connectivity index is 2.63. The fourth-order valence-electron chi connectivity index (χ4n) is 1.52. The molecule has 1 aromatic heterocycles. The highest BCUT2D eigenvalue weighted by Gasteiger charge is 2.14. The molecule has 5 nitrogen and oxygen atoms in total. The predicted molar refractivity (Wildman–Crippen MR) is 58.7 cm³/mol. The Bertz CT molecular complexity index is 376. The van der Waals surface area contributed by atoms with Crippen molar-refractivity contribution < 1.29 is 14.1 Å². The van der Waals surface area contributed by atoms with Crippen molar-refractivity contribution in [2.45, 2.75) is 26.8 Å². The van der Waals surface area contributed by atoms with Gasteiger partial charge >= 0.3 is 5.97 Å². The fraction of sp³-hybridized carbons (Fsp3) is 0.455. The number of carbonyl (C=O) groups is 1. The molecule has 0 amide bonds. The first kappa shape index (κ1) is 12.3. The number of aryl methyl sites for hydroxylation is 2. The van der Waals surface area contributed by atoms with E-state index >= 15 is 0 Å². The van der Waals surface area contributed by atoms with Gasteiger partial charge in [-0.2, -0.15) is 0 Å². The summed E-state index contributed by atoms with van der Waals surface area (Å²) in [6.45, 7) is 5.71. The number of hydrogen-bond donors (Lipinski definition) is 1. The third-order valence-corrected chi connectivity index (χ3v) is 2.29. The van der Waals surface area contributed by atoms with Crippen LogP contribution in [0.2, 0.25) is 0 Å². The van der Waals surface area contributed by atoms with Gasteiger partial charge in [0.15, 0.2) is 0 Å². The number of esters is 1. The number of aromatic nitrogens is 1. The molecule has 0 aromatic carbocycles. The van der Waals surface area contributed by atoms with Gasteiger partial charge < -0.3 is 14.6 Å². The van der Waals surface area contributed by atoms with Crippen molar-refractivity contribution in [2.75, 3.05) is 7.11 Å². The molecular weight excluding hydrogens is 208 g/mol. The number of methoxy groups -OCH3 is 1. The molecule has 0 saturated heterocycles. The molecule has 1 unspecified atom stereocenters. The third kappa shape index (κ3) is 2.85. The standard InChI is InChI=1S/C11H16N2O3/c1-7(12-6-5-10(14)15-4)11-8(2)13-16-9(11)3/h5-7,12H,1-4H3/b6-5+. The van der Waals surface area contributed by atoms with Gasteiger partial charge in [-0.3, -0.25) is 0 Å². The summed E-state index contributed by atoms with van der Waals surface area (Å²) in [7, 11) is 1.34. The second kappa shape index (κ2) is 5.34. The van der Waals surface area contributed by atoms with Crippen molar-refractivity contribution in [3.63, 3.8) is 0 Å². The van der Waals surface area contributed by atoms with Gasteiger partial charge in [0.25, 0.3) is 0 Å². The summed E-state index contributed by atoms with van der Waals surface area (Å²) in [5.74, 6) is 0.391. The van der Waals surface area contributed by atoms with E-state index in [4.69, 9.17) is 4.52 Å². The molecular formula is C11H16N2O3.